The van der Waals surface area contributed by atoms with E-state index in [0.29, 0.717) is 45.2 Å². The molecule has 1 aromatic rings. The Morgan fingerprint density at radius 2 is 1.10 bits per heavy atom. The average molecular weight is 874 g/mol. The molecule has 0 unspecified atom stereocenters. The zero-order valence-electron chi connectivity index (χ0n) is 39.3. The number of hydrogen-bond donors (Lipinski definition) is 6. The third kappa shape index (κ3) is 25.1. The van der Waals surface area contributed by atoms with Gasteiger partial charge in [-0.1, -0.05) is 198 Å². The van der Waals surface area contributed by atoms with Crippen molar-refractivity contribution >= 4 is 17.8 Å². The molecule has 11 heteroatoms. The van der Waals surface area contributed by atoms with Crippen molar-refractivity contribution in [2.45, 2.75) is 250 Å². The minimum atomic E-state index is -1.49. The van der Waals surface area contributed by atoms with Crippen LogP contribution in [0.2, 0.25) is 0 Å². The molecule has 0 spiro atoms. The molecule has 0 aliphatic carbocycles. The molecule has 2 amide bonds. The number of carboxylic acid groups (broad SMARTS) is 1. The molecule has 1 fully saturated rings. The van der Waals surface area contributed by atoms with Crippen LogP contribution < -0.4 is 10.6 Å². The zero-order valence-corrected chi connectivity index (χ0v) is 39.3. The smallest absolute Gasteiger partial charge is 0.303 e. The maximum atomic E-state index is 14.2. The van der Waals surface area contributed by atoms with E-state index < -0.39 is 55.1 Å². The third-order valence-electron chi connectivity index (χ3n) is 12.6. The third-order valence-corrected chi connectivity index (χ3v) is 12.6. The van der Waals surface area contributed by atoms with Gasteiger partial charge in [-0.25, -0.2) is 0 Å². The van der Waals surface area contributed by atoms with Gasteiger partial charge in [0.15, 0.2) is 6.23 Å². The maximum absolute atomic E-state index is 14.2. The van der Waals surface area contributed by atoms with Crippen LogP contribution in [0.1, 0.15) is 212 Å². The van der Waals surface area contributed by atoms with Crippen molar-refractivity contribution in [3.63, 3.8) is 0 Å². The number of amides is 2. The molecule has 11 nitrogen and oxygen atoms in total. The first kappa shape index (κ1) is 55.6. The first-order valence-electron chi connectivity index (χ1n) is 25.4. The Labute approximate surface area is 376 Å². The van der Waals surface area contributed by atoms with Crippen LogP contribution >= 0.6 is 0 Å². The van der Waals surface area contributed by atoms with Gasteiger partial charge in [0.1, 0.15) is 24.4 Å². The Morgan fingerprint density at radius 3 is 1.60 bits per heavy atom. The van der Waals surface area contributed by atoms with Crippen molar-refractivity contribution in [2.24, 2.45) is 0 Å². The number of aliphatic hydroxyl groups is 3. The second-order valence-electron chi connectivity index (χ2n) is 18.1. The highest BCUT2D eigenvalue weighted by Crippen LogP contribution is 2.26. The lowest BCUT2D eigenvalue weighted by Gasteiger charge is -2.47. The van der Waals surface area contributed by atoms with Crippen LogP contribution in [0.3, 0.4) is 0 Å². The first-order valence-corrected chi connectivity index (χ1v) is 25.4. The summed E-state index contributed by atoms with van der Waals surface area (Å²) < 4.78 is 6.29. The summed E-state index contributed by atoms with van der Waals surface area (Å²) in [4.78, 5) is 41.0. The monoisotopic (exact) mass is 874 g/mol. The van der Waals surface area contributed by atoms with Crippen LogP contribution in [0.4, 0.5) is 0 Å². The number of aliphatic carboxylic acids is 1. The minimum absolute atomic E-state index is 0.0971. The fraction of sp³-hybridized carbons (Fsp3) is 0.824. The highest BCUT2D eigenvalue weighted by atomic mass is 16.5. The Morgan fingerprint density at radius 1 is 0.629 bits per heavy atom. The number of ether oxygens (including phenoxy) is 1. The van der Waals surface area contributed by atoms with Crippen LogP contribution in [0.5, 0.6) is 0 Å². The summed E-state index contributed by atoms with van der Waals surface area (Å²) in [5, 5.41) is 48.2. The van der Waals surface area contributed by atoms with Gasteiger partial charge in [0.05, 0.1) is 12.6 Å². The number of benzene rings is 1. The molecule has 62 heavy (non-hydrogen) atoms. The summed E-state index contributed by atoms with van der Waals surface area (Å²) in [6.07, 6.45) is 27.5. The highest BCUT2D eigenvalue weighted by molar-refractivity contribution is 5.83. The minimum Gasteiger partial charge on any atom is -0.481 e. The van der Waals surface area contributed by atoms with Crippen molar-refractivity contribution in [3.8, 4) is 0 Å². The summed E-state index contributed by atoms with van der Waals surface area (Å²) in [6, 6.07) is 7.77. The summed E-state index contributed by atoms with van der Waals surface area (Å²) in [5.41, 5.74) is 0.935. The van der Waals surface area contributed by atoms with E-state index in [-0.39, 0.29) is 12.3 Å². The molecule has 1 saturated heterocycles. The lowest BCUT2D eigenvalue weighted by Crippen LogP contribution is -2.70. The average Bonchev–Trinajstić information content (AvgIpc) is 3.27. The van der Waals surface area contributed by atoms with Gasteiger partial charge in [-0.3, -0.25) is 14.4 Å². The van der Waals surface area contributed by atoms with Gasteiger partial charge in [-0.05, 0) is 44.2 Å². The van der Waals surface area contributed by atoms with Crippen molar-refractivity contribution in [1.29, 1.82) is 0 Å². The van der Waals surface area contributed by atoms with Gasteiger partial charge in [0.25, 0.3) is 0 Å². The number of carbonyl (C=O) groups is 3. The van der Waals surface area contributed by atoms with Crippen LogP contribution in [0.15, 0.2) is 30.3 Å². The fourth-order valence-electron chi connectivity index (χ4n) is 8.70. The molecule has 1 aliphatic heterocycles. The van der Waals surface area contributed by atoms with Gasteiger partial charge in [0, 0.05) is 19.4 Å². The number of unbranched alkanes of at least 4 members (excludes halogenated alkanes) is 25. The number of carbonyl (C=O) groups excluding carboxylic acids is 2. The van der Waals surface area contributed by atoms with Crippen LogP contribution in [-0.4, -0.2) is 99.4 Å². The van der Waals surface area contributed by atoms with Gasteiger partial charge < -0.3 is 40.7 Å². The topological polar surface area (TPSA) is 169 Å². The fourth-order valence-corrected chi connectivity index (χ4v) is 8.70. The normalized spacial score (nSPS) is 19.3. The van der Waals surface area contributed by atoms with Gasteiger partial charge >= 0.3 is 5.97 Å². The second-order valence-corrected chi connectivity index (χ2v) is 18.1. The molecular formula is C51H91N3O8. The highest BCUT2D eigenvalue weighted by Gasteiger charge is 2.48. The first-order chi connectivity index (χ1) is 30.2. The van der Waals surface area contributed by atoms with E-state index in [0.717, 1.165) is 56.9 Å². The number of aliphatic hydroxyl groups excluding tert-OH is 3. The van der Waals surface area contributed by atoms with Crippen molar-refractivity contribution in [3.05, 3.63) is 35.9 Å². The number of carboxylic acids is 1. The predicted molar refractivity (Wildman–Crippen MR) is 251 cm³/mol. The lowest BCUT2D eigenvalue weighted by atomic mass is 9.94. The van der Waals surface area contributed by atoms with E-state index in [4.69, 9.17) is 9.84 Å². The summed E-state index contributed by atoms with van der Waals surface area (Å²) in [6.45, 7) is 4.80. The quantitative estimate of drug-likeness (QED) is 0.0352. The van der Waals surface area contributed by atoms with Gasteiger partial charge in [0.2, 0.25) is 11.8 Å². The van der Waals surface area contributed by atoms with E-state index in [1.807, 2.05) is 30.3 Å². The van der Waals surface area contributed by atoms with E-state index >= 15 is 0 Å². The lowest BCUT2D eigenvalue weighted by molar-refractivity contribution is -0.231. The maximum Gasteiger partial charge on any atom is 0.303 e. The molecule has 1 aromatic carbocycles. The van der Waals surface area contributed by atoms with Crippen molar-refractivity contribution in [2.75, 3.05) is 19.7 Å². The number of nitrogens with one attached hydrogen (secondary N) is 2. The Bertz CT molecular complexity index is 1250. The number of nitrogens with zero attached hydrogens (tertiary/aromatic N) is 1. The second kappa shape index (κ2) is 36.7. The Kier molecular flexibility index (Phi) is 32.9. The number of hydrogen-bond acceptors (Lipinski definition) is 8. The number of rotatable bonds is 40. The summed E-state index contributed by atoms with van der Waals surface area (Å²) >= 11 is 0. The molecule has 1 aliphatic rings. The molecule has 0 aromatic heterocycles. The molecular weight excluding hydrogens is 783 g/mol. The zero-order chi connectivity index (χ0) is 45.0. The van der Waals surface area contributed by atoms with Crippen molar-refractivity contribution < 1.29 is 39.5 Å². The SMILES string of the molecule is CCCCCCCCCCCCCCCCCCN(C(=O)CCCCCCCCCCC)[C@@H]1O[C@H](CO)[C@@H](O)[C@H](O)[C@@H]1NC(=O)[C@H](Cc1ccccc1)NCCCCCC(=O)O. The summed E-state index contributed by atoms with van der Waals surface area (Å²) in [7, 11) is 0. The van der Waals surface area contributed by atoms with Crippen LogP contribution in [0, 0.1) is 0 Å². The van der Waals surface area contributed by atoms with Gasteiger partial charge in [-0.15, -0.1) is 0 Å². The molecule has 1 heterocycles. The predicted octanol–water partition coefficient (Wildman–Crippen LogP) is 9.77. The van der Waals surface area contributed by atoms with E-state index in [2.05, 4.69) is 24.5 Å². The molecule has 0 radical (unpaired) electrons. The van der Waals surface area contributed by atoms with Gasteiger partial charge in [-0.2, -0.15) is 0 Å². The molecule has 0 bridgehead atoms. The van der Waals surface area contributed by atoms with Crippen molar-refractivity contribution in [1.82, 2.24) is 15.5 Å². The standard InChI is InChI=1S/C51H91N3O8/c1-3-5-7-9-11-13-14-15-16-17-18-19-21-23-25-33-39-54(45(56)36-30-24-22-20-12-10-8-6-4-2)51-47(49(60)48(59)44(41-55)62-51)53-50(61)43(40-42-34-28-26-29-35-42)52-38-32-27-31-37-46(57)58/h26,28-29,34-35,43-44,47-49,51-52,55,59-60H,3-25,27,30-33,36-41H2,1-2H3,(H,53,61)(H,57,58)/t43-,44+,47-,48+,49+,51+/m0/s1. The van der Waals surface area contributed by atoms with Crippen LogP contribution in [0.25, 0.3) is 0 Å². The van der Waals surface area contributed by atoms with Crippen LogP contribution in [-0.2, 0) is 25.5 Å². The molecule has 358 valence electrons. The Hall–Kier alpha value is -2.57. The largest absolute Gasteiger partial charge is 0.481 e. The van der Waals surface area contributed by atoms with E-state index in [1.165, 1.54) is 109 Å². The Balaban J connectivity index is 2.08. The van der Waals surface area contributed by atoms with E-state index in [9.17, 15) is 29.7 Å². The molecule has 2 rings (SSSR count). The molecule has 6 N–H and O–H groups in total. The molecule has 6 atom stereocenters. The molecule has 0 saturated carbocycles. The van der Waals surface area contributed by atoms with E-state index in [1.54, 1.807) is 4.90 Å². The summed E-state index contributed by atoms with van der Waals surface area (Å²) in [5.74, 6) is -1.34.